The lowest BCUT2D eigenvalue weighted by Gasteiger charge is -2.14. The number of hydrogen-bond acceptors (Lipinski definition) is 4. The van der Waals surface area contributed by atoms with Gasteiger partial charge in [0.2, 0.25) is 0 Å². The van der Waals surface area contributed by atoms with Crippen molar-refractivity contribution in [3.63, 3.8) is 0 Å². The minimum atomic E-state index is -0.0763. The second-order valence-corrected chi connectivity index (χ2v) is 4.98. The lowest BCUT2D eigenvalue weighted by molar-refractivity contribution is 0.285. The highest BCUT2D eigenvalue weighted by Crippen LogP contribution is 2.28. The summed E-state index contributed by atoms with van der Waals surface area (Å²) in [4.78, 5) is 4.11. The van der Waals surface area contributed by atoms with Crippen molar-refractivity contribution in [1.82, 2.24) is 14.8 Å². The van der Waals surface area contributed by atoms with Crippen LogP contribution in [0, 0.1) is 0 Å². The van der Waals surface area contributed by atoms with Crippen molar-refractivity contribution in [2.45, 2.75) is 19.6 Å². The van der Waals surface area contributed by atoms with Crippen molar-refractivity contribution >= 4 is 15.9 Å². The molecule has 5 nitrogen and oxygen atoms in total. The topological polar surface area (TPSA) is 66.0 Å². The fraction of sp³-hybridized carbons (Fsp3) is 0.333. The van der Waals surface area contributed by atoms with Gasteiger partial charge in [-0.1, -0.05) is 22.0 Å². The van der Waals surface area contributed by atoms with E-state index in [0.717, 1.165) is 21.6 Å². The molecule has 0 saturated heterocycles. The Labute approximate surface area is 114 Å². The van der Waals surface area contributed by atoms with Gasteiger partial charge in [0.25, 0.3) is 0 Å². The van der Waals surface area contributed by atoms with Gasteiger partial charge in [0.15, 0.2) is 5.82 Å². The summed E-state index contributed by atoms with van der Waals surface area (Å²) in [6.45, 7) is 2.30. The normalized spacial score (nSPS) is 12.4. The van der Waals surface area contributed by atoms with Crippen LogP contribution in [0.25, 0.3) is 0 Å². The Hall–Kier alpha value is -1.40. The molecule has 1 heterocycles. The average molecular weight is 311 g/mol. The summed E-state index contributed by atoms with van der Waals surface area (Å²) >= 11 is 3.42. The lowest BCUT2D eigenvalue weighted by atomic mass is 10.1. The second-order valence-electron chi connectivity index (χ2n) is 4.06. The fourth-order valence-electron chi connectivity index (χ4n) is 1.60. The highest BCUT2D eigenvalue weighted by molar-refractivity contribution is 9.10. The Balaban J connectivity index is 2.18. The number of hydrogen-bond donors (Lipinski definition) is 1. The van der Waals surface area contributed by atoms with Gasteiger partial charge in [-0.05, 0) is 19.1 Å². The van der Waals surface area contributed by atoms with Crippen LogP contribution in [0.1, 0.15) is 24.4 Å². The molecule has 18 heavy (non-hydrogen) atoms. The van der Waals surface area contributed by atoms with E-state index in [1.807, 2.05) is 32.2 Å². The van der Waals surface area contributed by atoms with Crippen LogP contribution in [0.15, 0.2) is 29.0 Å². The van der Waals surface area contributed by atoms with E-state index >= 15 is 0 Å². The highest BCUT2D eigenvalue weighted by Gasteiger charge is 2.10. The molecule has 1 aromatic heterocycles. The first kappa shape index (κ1) is 13.0. The number of rotatable bonds is 4. The summed E-state index contributed by atoms with van der Waals surface area (Å²) in [6, 6.07) is 5.75. The van der Waals surface area contributed by atoms with E-state index in [-0.39, 0.29) is 6.04 Å². The maximum absolute atomic E-state index is 5.91. The molecule has 0 aliphatic heterocycles. The Morgan fingerprint density at radius 2 is 2.28 bits per heavy atom. The van der Waals surface area contributed by atoms with Gasteiger partial charge < -0.3 is 10.5 Å². The Morgan fingerprint density at radius 3 is 2.89 bits per heavy atom. The Bertz CT molecular complexity index is 539. The summed E-state index contributed by atoms with van der Waals surface area (Å²) in [5.41, 5.74) is 6.89. The zero-order valence-corrected chi connectivity index (χ0v) is 11.9. The van der Waals surface area contributed by atoms with Crippen molar-refractivity contribution < 1.29 is 4.74 Å². The third-order valence-electron chi connectivity index (χ3n) is 2.63. The van der Waals surface area contributed by atoms with Gasteiger partial charge in [0, 0.05) is 23.1 Å². The van der Waals surface area contributed by atoms with Crippen LogP contribution in [0.3, 0.4) is 0 Å². The largest absolute Gasteiger partial charge is 0.485 e. The van der Waals surface area contributed by atoms with Crippen LogP contribution in [0.5, 0.6) is 5.75 Å². The van der Waals surface area contributed by atoms with Crippen molar-refractivity contribution in [3.05, 3.63) is 40.4 Å². The summed E-state index contributed by atoms with van der Waals surface area (Å²) < 4.78 is 8.41. The van der Waals surface area contributed by atoms with Crippen molar-refractivity contribution in [2.24, 2.45) is 12.8 Å². The van der Waals surface area contributed by atoms with Gasteiger partial charge in [-0.3, -0.25) is 4.68 Å². The minimum absolute atomic E-state index is 0.0763. The molecule has 0 unspecified atom stereocenters. The van der Waals surface area contributed by atoms with E-state index in [9.17, 15) is 0 Å². The number of ether oxygens (including phenoxy) is 1. The molecule has 0 saturated carbocycles. The van der Waals surface area contributed by atoms with E-state index < -0.39 is 0 Å². The van der Waals surface area contributed by atoms with E-state index in [4.69, 9.17) is 10.5 Å². The first-order valence-electron chi connectivity index (χ1n) is 5.58. The van der Waals surface area contributed by atoms with Crippen molar-refractivity contribution in [3.8, 4) is 5.75 Å². The summed E-state index contributed by atoms with van der Waals surface area (Å²) in [5, 5.41) is 4.00. The van der Waals surface area contributed by atoms with Gasteiger partial charge in [0.1, 0.15) is 18.7 Å². The summed E-state index contributed by atoms with van der Waals surface area (Å²) in [7, 11) is 1.83. The molecule has 1 atom stereocenters. The van der Waals surface area contributed by atoms with Gasteiger partial charge in [-0.15, -0.1) is 0 Å². The van der Waals surface area contributed by atoms with E-state index in [0.29, 0.717) is 6.61 Å². The molecular weight excluding hydrogens is 296 g/mol. The molecule has 0 spiro atoms. The molecule has 96 valence electrons. The minimum Gasteiger partial charge on any atom is -0.485 e. The number of benzene rings is 1. The highest BCUT2D eigenvalue weighted by atomic mass is 79.9. The fourth-order valence-corrected chi connectivity index (χ4v) is 1.94. The second kappa shape index (κ2) is 5.49. The first-order valence-corrected chi connectivity index (χ1v) is 6.38. The van der Waals surface area contributed by atoms with Gasteiger partial charge in [-0.25, -0.2) is 4.98 Å². The van der Waals surface area contributed by atoms with Crippen molar-refractivity contribution in [1.29, 1.82) is 0 Å². The standard InChI is InChI=1S/C12H15BrN4O/c1-8(14)10-4-3-9(13)5-11(10)18-6-12-15-7-16-17(12)2/h3-5,7-8H,6,14H2,1-2H3/t8-/m1/s1. The predicted octanol–water partition coefficient (Wildman–Crippen LogP) is 2.18. The molecule has 0 bridgehead atoms. The molecule has 0 aliphatic rings. The van der Waals surface area contributed by atoms with Crippen LogP contribution < -0.4 is 10.5 Å². The SMILES string of the molecule is C[C@@H](N)c1ccc(Br)cc1OCc1ncnn1C. The number of halogens is 1. The van der Waals surface area contributed by atoms with Crippen LogP contribution >= 0.6 is 15.9 Å². The molecule has 0 fully saturated rings. The smallest absolute Gasteiger partial charge is 0.164 e. The zero-order chi connectivity index (χ0) is 13.1. The van der Waals surface area contributed by atoms with Gasteiger partial charge in [0.05, 0.1) is 0 Å². The van der Waals surface area contributed by atoms with Crippen LogP contribution in [-0.2, 0) is 13.7 Å². The number of aromatic nitrogens is 3. The third-order valence-corrected chi connectivity index (χ3v) is 3.12. The molecule has 0 radical (unpaired) electrons. The predicted molar refractivity (Wildman–Crippen MR) is 72.1 cm³/mol. The summed E-state index contributed by atoms with van der Waals surface area (Å²) in [6.07, 6.45) is 1.51. The maximum atomic E-state index is 5.91. The Kier molecular flexibility index (Phi) is 3.98. The zero-order valence-electron chi connectivity index (χ0n) is 10.3. The van der Waals surface area contributed by atoms with Crippen LogP contribution in [0.4, 0.5) is 0 Å². The third kappa shape index (κ3) is 2.88. The monoisotopic (exact) mass is 310 g/mol. The average Bonchev–Trinajstić information content (AvgIpc) is 2.72. The molecule has 2 rings (SSSR count). The maximum Gasteiger partial charge on any atom is 0.164 e. The molecule has 0 amide bonds. The van der Waals surface area contributed by atoms with Crippen LogP contribution in [0.2, 0.25) is 0 Å². The summed E-state index contributed by atoms with van der Waals surface area (Å²) in [5.74, 6) is 1.54. The van der Waals surface area contributed by atoms with E-state index in [1.54, 1.807) is 4.68 Å². The number of aryl methyl sites for hydroxylation is 1. The first-order chi connectivity index (χ1) is 8.58. The van der Waals surface area contributed by atoms with Crippen molar-refractivity contribution in [2.75, 3.05) is 0 Å². The van der Waals surface area contributed by atoms with Crippen LogP contribution in [-0.4, -0.2) is 14.8 Å². The molecule has 6 heteroatoms. The van der Waals surface area contributed by atoms with E-state index in [2.05, 4.69) is 26.0 Å². The molecule has 0 aliphatic carbocycles. The molecule has 2 aromatic rings. The van der Waals surface area contributed by atoms with Gasteiger partial charge >= 0.3 is 0 Å². The molecule has 1 aromatic carbocycles. The number of nitrogens with two attached hydrogens (primary N) is 1. The molecule has 2 N–H and O–H groups in total. The van der Waals surface area contributed by atoms with Gasteiger partial charge in [-0.2, -0.15) is 5.10 Å². The lowest BCUT2D eigenvalue weighted by Crippen LogP contribution is -2.10. The quantitative estimate of drug-likeness (QED) is 0.940. The van der Waals surface area contributed by atoms with E-state index in [1.165, 1.54) is 6.33 Å². The molecular formula is C12H15BrN4O. The number of nitrogens with zero attached hydrogens (tertiary/aromatic N) is 3. The Morgan fingerprint density at radius 1 is 1.50 bits per heavy atom.